The number of anilines is 1. The molecule has 2 aromatic rings. The van der Waals surface area contributed by atoms with E-state index in [1.165, 1.54) is 6.26 Å². The molecule has 1 aliphatic rings. The molecule has 0 radical (unpaired) electrons. The highest BCUT2D eigenvalue weighted by atomic mass is 35.5. The van der Waals surface area contributed by atoms with Gasteiger partial charge in [0.05, 0.1) is 4.90 Å². The number of rotatable bonds is 8. The lowest BCUT2D eigenvalue weighted by atomic mass is 9.99. The molecule has 1 aliphatic heterocycles. The Hall–Kier alpha value is -1.64. The van der Waals surface area contributed by atoms with Crippen molar-refractivity contribution < 1.29 is 13.2 Å². The molecule has 1 heterocycles. The Labute approximate surface area is 216 Å². The van der Waals surface area contributed by atoms with Crippen LogP contribution in [0.3, 0.4) is 0 Å². The summed E-state index contributed by atoms with van der Waals surface area (Å²) in [5.41, 5.74) is 9.24. The van der Waals surface area contributed by atoms with E-state index >= 15 is 0 Å². The summed E-state index contributed by atoms with van der Waals surface area (Å²) in [6.45, 7) is 6.35. The van der Waals surface area contributed by atoms with Gasteiger partial charge in [-0.2, -0.15) is 0 Å². The molecule has 3 rings (SSSR count). The van der Waals surface area contributed by atoms with E-state index in [1.807, 2.05) is 30.0 Å². The van der Waals surface area contributed by atoms with E-state index in [0.29, 0.717) is 11.3 Å². The fourth-order valence-electron chi connectivity index (χ4n) is 4.52. The number of likely N-dealkylation sites (tertiary alicyclic amines) is 1. The molecule has 34 heavy (non-hydrogen) atoms. The van der Waals surface area contributed by atoms with Crippen LogP contribution in [0, 0.1) is 0 Å². The van der Waals surface area contributed by atoms with Crippen molar-refractivity contribution in [1.29, 1.82) is 0 Å². The molecular weight excluding hydrogens is 493 g/mol. The lowest BCUT2D eigenvalue weighted by Gasteiger charge is -2.39. The van der Waals surface area contributed by atoms with Gasteiger partial charge in [-0.05, 0) is 61.6 Å². The number of carbonyl (C=O) groups is 1. The van der Waals surface area contributed by atoms with Gasteiger partial charge in [-0.3, -0.25) is 4.79 Å². The van der Waals surface area contributed by atoms with E-state index < -0.39 is 9.84 Å². The van der Waals surface area contributed by atoms with Crippen LogP contribution in [-0.4, -0.2) is 51.2 Å². The van der Waals surface area contributed by atoms with Crippen LogP contribution in [0.15, 0.2) is 53.4 Å². The fourth-order valence-corrected chi connectivity index (χ4v) is 5.20. The van der Waals surface area contributed by atoms with Crippen LogP contribution in [-0.2, 0) is 21.1 Å². The Morgan fingerprint density at radius 1 is 1.12 bits per heavy atom. The van der Waals surface area contributed by atoms with E-state index in [0.717, 1.165) is 55.7 Å². The minimum atomic E-state index is -3.28. The van der Waals surface area contributed by atoms with Crippen molar-refractivity contribution in [2.45, 2.75) is 56.5 Å². The van der Waals surface area contributed by atoms with Gasteiger partial charge in [0, 0.05) is 44.0 Å². The number of hydrogen-bond acceptors (Lipinski definition) is 5. The van der Waals surface area contributed by atoms with Crippen LogP contribution in [0.25, 0.3) is 0 Å². The van der Waals surface area contributed by atoms with Gasteiger partial charge in [0.15, 0.2) is 9.84 Å². The van der Waals surface area contributed by atoms with Gasteiger partial charge in [0.1, 0.15) is 0 Å². The first-order valence-corrected chi connectivity index (χ1v) is 13.3. The van der Waals surface area contributed by atoms with Gasteiger partial charge in [-0.1, -0.05) is 37.3 Å². The van der Waals surface area contributed by atoms with Crippen molar-refractivity contribution in [2.75, 3.05) is 30.8 Å². The molecule has 0 saturated carbocycles. The van der Waals surface area contributed by atoms with Gasteiger partial charge < -0.3 is 15.5 Å². The Morgan fingerprint density at radius 2 is 1.74 bits per heavy atom. The highest BCUT2D eigenvalue weighted by molar-refractivity contribution is 7.90. The van der Waals surface area contributed by atoms with Crippen LogP contribution in [0.5, 0.6) is 0 Å². The number of hydrogen-bond donors (Lipinski definition) is 1. The van der Waals surface area contributed by atoms with Crippen molar-refractivity contribution in [3.05, 3.63) is 59.7 Å². The zero-order chi connectivity index (χ0) is 23.3. The molecule has 6 nitrogen and oxygen atoms in total. The number of sulfone groups is 1. The fraction of sp³-hybridized carbons (Fsp3) is 0.480. The smallest absolute Gasteiger partial charge is 0.224 e. The monoisotopic (exact) mass is 529 g/mol. The number of amides is 1. The lowest BCUT2D eigenvalue weighted by molar-refractivity contribution is -0.117. The van der Waals surface area contributed by atoms with Gasteiger partial charge in [-0.15, -0.1) is 24.8 Å². The predicted molar refractivity (Wildman–Crippen MR) is 144 cm³/mol. The molecule has 0 aromatic heterocycles. The summed E-state index contributed by atoms with van der Waals surface area (Å²) < 4.78 is 23.9. The predicted octanol–water partition coefficient (Wildman–Crippen LogP) is 4.40. The average molecular weight is 531 g/mol. The van der Waals surface area contributed by atoms with Gasteiger partial charge in [-0.25, -0.2) is 8.42 Å². The third-order valence-electron chi connectivity index (χ3n) is 6.37. The maximum atomic E-state index is 12.6. The third-order valence-corrected chi connectivity index (χ3v) is 7.48. The summed E-state index contributed by atoms with van der Waals surface area (Å²) in [6, 6.07) is 15.4. The first-order valence-electron chi connectivity index (χ1n) is 11.4. The van der Waals surface area contributed by atoms with E-state index in [4.69, 9.17) is 5.73 Å². The molecule has 0 aliphatic carbocycles. The maximum absolute atomic E-state index is 12.6. The number of halogens is 2. The summed E-state index contributed by atoms with van der Waals surface area (Å²) in [4.78, 5) is 17.2. The van der Waals surface area contributed by atoms with Crippen LogP contribution in [0.2, 0.25) is 0 Å². The second kappa shape index (κ2) is 13.4. The molecule has 0 bridgehead atoms. The normalized spacial score (nSPS) is 15.6. The molecule has 2 N–H and O–H groups in total. The van der Waals surface area contributed by atoms with Crippen LogP contribution >= 0.6 is 24.8 Å². The van der Waals surface area contributed by atoms with E-state index in [1.54, 1.807) is 25.1 Å². The topological polar surface area (TPSA) is 83.7 Å². The number of carbonyl (C=O) groups excluding carboxylic acids is 1. The summed E-state index contributed by atoms with van der Waals surface area (Å²) in [5.74, 6) is -0.00337. The van der Waals surface area contributed by atoms with Gasteiger partial charge in [0.2, 0.25) is 5.91 Å². The third kappa shape index (κ3) is 7.68. The second-order valence-electron chi connectivity index (χ2n) is 8.68. The highest BCUT2D eigenvalue weighted by Crippen LogP contribution is 2.30. The number of nitrogens with zero attached hydrogens (tertiary/aromatic N) is 2. The molecule has 1 saturated heterocycles. The largest absolute Gasteiger partial charge is 0.324 e. The first-order chi connectivity index (χ1) is 15.2. The first kappa shape index (κ1) is 30.4. The number of aryl methyl sites for hydroxylation is 1. The van der Waals surface area contributed by atoms with Crippen LogP contribution < -0.4 is 10.6 Å². The zero-order valence-corrected chi connectivity index (χ0v) is 22.6. The molecule has 1 amide bonds. The zero-order valence-electron chi connectivity index (χ0n) is 20.1. The molecule has 1 atom stereocenters. The summed E-state index contributed by atoms with van der Waals surface area (Å²) >= 11 is 0. The van der Waals surface area contributed by atoms with E-state index in [9.17, 15) is 13.2 Å². The second-order valence-corrected chi connectivity index (χ2v) is 10.7. The van der Waals surface area contributed by atoms with Crippen molar-refractivity contribution in [2.24, 2.45) is 5.73 Å². The van der Waals surface area contributed by atoms with E-state index in [2.05, 4.69) is 17.0 Å². The van der Waals surface area contributed by atoms with Crippen LogP contribution in [0.1, 0.15) is 50.3 Å². The number of benzene rings is 2. The SMILES string of the molecule is CCc1cc(S(C)(=O)=O)ccc1N(C(C)=O)C1CCN(CC[C@H](N)c2ccccc2)CC1.Cl.Cl. The number of nitrogens with two attached hydrogens (primary N) is 1. The average Bonchev–Trinajstić information content (AvgIpc) is 2.78. The van der Waals surface area contributed by atoms with Gasteiger partial charge in [0.25, 0.3) is 0 Å². The number of piperidine rings is 1. The summed E-state index contributed by atoms with van der Waals surface area (Å²) in [6.07, 6.45) is 4.55. The maximum Gasteiger partial charge on any atom is 0.224 e. The molecule has 9 heteroatoms. The Bertz CT molecular complexity index is 1030. The van der Waals surface area contributed by atoms with E-state index in [-0.39, 0.29) is 42.8 Å². The summed E-state index contributed by atoms with van der Waals surface area (Å²) in [7, 11) is -3.28. The van der Waals surface area contributed by atoms with Crippen molar-refractivity contribution >= 4 is 46.2 Å². The standard InChI is InChI=1S/C25H35N3O3S.2ClH/c1-4-20-18-23(32(3,30)31)10-11-25(20)28(19(2)29)22-12-15-27(16-13-22)17-14-24(26)21-8-6-5-7-9-21;;/h5-11,18,22,24H,4,12-17,26H2,1-3H3;2*1H/t24-;;/m0../s1. The van der Waals surface area contributed by atoms with Crippen molar-refractivity contribution in [1.82, 2.24) is 4.90 Å². The quantitative estimate of drug-likeness (QED) is 0.547. The minimum absolute atomic E-state index is 0. The molecule has 0 unspecified atom stereocenters. The minimum Gasteiger partial charge on any atom is -0.324 e. The van der Waals surface area contributed by atoms with Crippen molar-refractivity contribution in [3.8, 4) is 0 Å². The molecule has 2 aromatic carbocycles. The highest BCUT2D eigenvalue weighted by Gasteiger charge is 2.29. The molecule has 1 fully saturated rings. The Morgan fingerprint density at radius 3 is 2.26 bits per heavy atom. The molecule has 190 valence electrons. The molecular formula is C25H37Cl2N3O3S. The molecule has 0 spiro atoms. The van der Waals surface area contributed by atoms with Gasteiger partial charge >= 0.3 is 0 Å². The Balaban J connectivity index is 0.00000289. The van der Waals surface area contributed by atoms with Crippen LogP contribution in [0.4, 0.5) is 5.69 Å². The summed E-state index contributed by atoms with van der Waals surface area (Å²) in [5, 5.41) is 0. The van der Waals surface area contributed by atoms with Crippen molar-refractivity contribution in [3.63, 3.8) is 0 Å². The lowest BCUT2D eigenvalue weighted by Crippen LogP contribution is -2.47. The Kier molecular flexibility index (Phi) is 12.0.